The molecular formula is C8H5F5O2Si. The zero-order valence-corrected chi connectivity index (χ0v) is 8.59. The second kappa shape index (κ2) is 4.20. The van der Waals surface area contributed by atoms with Crippen LogP contribution in [0.2, 0.25) is 0 Å². The van der Waals surface area contributed by atoms with Gasteiger partial charge in [-0.1, -0.05) is 30.3 Å². The summed E-state index contributed by atoms with van der Waals surface area (Å²) in [6, 6.07) is 5.45. The molecule has 1 aromatic carbocycles. The summed E-state index contributed by atoms with van der Waals surface area (Å²) >= 11 is 0. The monoisotopic (exact) mass is 256 g/mol. The fourth-order valence-corrected chi connectivity index (χ4v) is 1.27. The van der Waals surface area contributed by atoms with Gasteiger partial charge in [0.15, 0.2) is 0 Å². The van der Waals surface area contributed by atoms with E-state index in [2.05, 4.69) is 4.43 Å². The van der Waals surface area contributed by atoms with E-state index in [4.69, 9.17) is 0 Å². The Balaban J connectivity index is 2.90. The van der Waals surface area contributed by atoms with Crippen LogP contribution in [0.1, 0.15) is 5.56 Å². The Labute approximate surface area is 88.3 Å². The summed E-state index contributed by atoms with van der Waals surface area (Å²) in [6.45, 7) is 0. The Bertz CT molecular complexity index is 376. The number of carbonyl (C=O) groups is 1. The molecular weight excluding hydrogens is 251 g/mol. The van der Waals surface area contributed by atoms with E-state index in [1.165, 1.54) is 18.2 Å². The van der Waals surface area contributed by atoms with E-state index in [1.54, 1.807) is 0 Å². The molecule has 0 saturated heterocycles. The van der Waals surface area contributed by atoms with Gasteiger partial charge in [0.2, 0.25) is 0 Å². The first-order valence-corrected chi connectivity index (χ1v) is 5.51. The fourth-order valence-electron chi connectivity index (χ4n) is 0.935. The molecule has 0 aliphatic rings. The number of rotatable bonds is 3. The third kappa shape index (κ3) is 3.02. The van der Waals surface area contributed by atoms with Crippen LogP contribution in [0, 0.1) is 0 Å². The van der Waals surface area contributed by atoms with Crippen molar-refractivity contribution in [3.8, 4) is 0 Å². The van der Waals surface area contributed by atoms with Gasteiger partial charge < -0.3 is 4.43 Å². The normalized spacial score (nSPS) is 12.3. The van der Waals surface area contributed by atoms with E-state index in [0.29, 0.717) is 0 Å². The molecule has 0 aromatic heterocycles. The van der Waals surface area contributed by atoms with Gasteiger partial charge in [-0.3, -0.25) is 0 Å². The van der Waals surface area contributed by atoms with Gasteiger partial charge in [0.1, 0.15) is 0 Å². The standard InChI is InChI=1S/C8H5F5O2Si/c9-8(10,6-4-2-1-3-5-6)7(14)15-16(11,12)13/h1-5H. The molecule has 1 aromatic rings. The highest BCUT2D eigenvalue weighted by Crippen LogP contribution is 2.30. The van der Waals surface area contributed by atoms with Crippen LogP contribution in [0.15, 0.2) is 30.3 Å². The molecule has 16 heavy (non-hydrogen) atoms. The van der Waals surface area contributed by atoms with Gasteiger partial charge in [0, 0.05) is 5.56 Å². The first-order valence-electron chi connectivity index (χ1n) is 3.97. The molecule has 8 heteroatoms. The quantitative estimate of drug-likeness (QED) is 0.472. The highest BCUT2D eigenvalue weighted by Gasteiger charge is 2.53. The zero-order valence-electron chi connectivity index (χ0n) is 7.59. The van der Waals surface area contributed by atoms with E-state index in [0.717, 1.165) is 12.1 Å². The van der Waals surface area contributed by atoms with Crippen molar-refractivity contribution in [1.82, 2.24) is 0 Å². The maximum atomic E-state index is 13.1. The molecule has 0 aliphatic carbocycles. The number of benzene rings is 1. The lowest BCUT2D eigenvalue weighted by Crippen LogP contribution is -2.35. The predicted molar refractivity (Wildman–Crippen MR) is 45.5 cm³/mol. The fraction of sp³-hybridized carbons (Fsp3) is 0.125. The third-order valence-electron chi connectivity index (χ3n) is 1.60. The van der Waals surface area contributed by atoms with E-state index in [1.807, 2.05) is 0 Å². The number of hydrogen-bond acceptors (Lipinski definition) is 2. The first-order chi connectivity index (χ1) is 7.23. The van der Waals surface area contributed by atoms with Gasteiger partial charge in [-0.05, 0) is 0 Å². The van der Waals surface area contributed by atoms with Crippen LogP contribution < -0.4 is 0 Å². The lowest BCUT2D eigenvalue weighted by molar-refractivity contribution is -0.167. The van der Waals surface area contributed by atoms with Crippen molar-refractivity contribution in [1.29, 1.82) is 0 Å². The average molecular weight is 256 g/mol. The van der Waals surface area contributed by atoms with Crippen molar-refractivity contribution in [2.24, 2.45) is 0 Å². The molecule has 0 bridgehead atoms. The number of halogens is 5. The minimum atomic E-state index is -6.79. The number of hydrogen-bond donors (Lipinski definition) is 0. The van der Waals surface area contributed by atoms with Crippen LogP contribution in [0.4, 0.5) is 21.1 Å². The van der Waals surface area contributed by atoms with Gasteiger partial charge in [0.25, 0.3) is 0 Å². The lowest BCUT2D eigenvalue weighted by atomic mass is 10.1. The maximum absolute atomic E-state index is 13.1. The molecule has 0 spiro atoms. The van der Waals surface area contributed by atoms with Crippen LogP contribution in [0.5, 0.6) is 0 Å². The van der Waals surface area contributed by atoms with Gasteiger partial charge in [-0.15, -0.1) is 0 Å². The van der Waals surface area contributed by atoms with Crippen molar-refractivity contribution in [3.05, 3.63) is 35.9 Å². The molecule has 1 rings (SSSR count). The highest BCUT2D eigenvalue weighted by molar-refractivity contribution is 6.53. The lowest BCUT2D eigenvalue weighted by Gasteiger charge is -2.15. The van der Waals surface area contributed by atoms with Crippen molar-refractivity contribution < 1.29 is 30.3 Å². The minimum absolute atomic E-state index is 0.835. The molecule has 0 radical (unpaired) electrons. The van der Waals surface area contributed by atoms with Crippen LogP contribution >= 0.6 is 0 Å². The molecule has 0 unspecified atom stereocenters. The van der Waals surface area contributed by atoms with Crippen LogP contribution in [-0.2, 0) is 15.1 Å². The van der Waals surface area contributed by atoms with Gasteiger partial charge in [0.05, 0.1) is 0 Å². The highest BCUT2D eigenvalue weighted by atomic mass is 28.5. The van der Waals surface area contributed by atoms with Crippen LogP contribution in [-0.4, -0.2) is 15.3 Å². The smallest absolute Gasteiger partial charge is 0.438 e. The molecule has 0 heterocycles. The Kier molecular flexibility index (Phi) is 3.32. The zero-order chi connectivity index (χ0) is 12.4. The summed E-state index contributed by atoms with van der Waals surface area (Å²) in [4.78, 5) is 10.6. The van der Waals surface area contributed by atoms with Gasteiger partial charge in [-0.25, -0.2) is 17.1 Å². The summed E-state index contributed by atoms with van der Waals surface area (Å²) in [5, 5.41) is 0. The van der Waals surface area contributed by atoms with Gasteiger partial charge >= 0.3 is 21.2 Å². The summed E-state index contributed by atoms with van der Waals surface area (Å²) in [7, 11) is -6.79. The molecule has 2 nitrogen and oxygen atoms in total. The number of alkyl halides is 2. The molecule has 88 valence electrons. The summed E-state index contributed by atoms with van der Waals surface area (Å²) in [5.41, 5.74) is -0.835. The SMILES string of the molecule is O=C(O[Si](F)(F)F)C(F)(F)c1ccccc1. The van der Waals surface area contributed by atoms with E-state index >= 15 is 0 Å². The molecule has 0 amide bonds. The topological polar surface area (TPSA) is 26.3 Å². The van der Waals surface area contributed by atoms with Crippen molar-refractivity contribution in [2.45, 2.75) is 5.92 Å². The Morgan fingerprint density at radius 3 is 2.06 bits per heavy atom. The van der Waals surface area contributed by atoms with Crippen LogP contribution in [0.25, 0.3) is 0 Å². The maximum Gasteiger partial charge on any atom is 0.877 e. The summed E-state index contributed by atoms with van der Waals surface area (Å²) < 4.78 is 64.2. The second-order valence-electron chi connectivity index (χ2n) is 2.78. The molecule has 0 aliphatic heterocycles. The Morgan fingerprint density at radius 1 is 1.12 bits per heavy atom. The van der Waals surface area contributed by atoms with E-state index in [9.17, 15) is 25.9 Å². The predicted octanol–water partition coefficient (Wildman–Crippen LogP) is 2.67. The molecule has 0 saturated carbocycles. The average Bonchev–Trinajstić information content (AvgIpc) is 2.16. The summed E-state index contributed by atoms with van der Waals surface area (Å²) in [5.74, 6) is -6.87. The molecule has 0 N–H and O–H groups in total. The van der Waals surface area contributed by atoms with Crippen molar-refractivity contribution in [3.63, 3.8) is 0 Å². The van der Waals surface area contributed by atoms with Crippen molar-refractivity contribution >= 4 is 15.3 Å². The van der Waals surface area contributed by atoms with E-state index in [-0.39, 0.29) is 0 Å². The molecule has 0 atom stereocenters. The Morgan fingerprint density at radius 2 is 1.62 bits per heavy atom. The summed E-state index contributed by atoms with van der Waals surface area (Å²) in [6.07, 6.45) is 0. The largest absolute Gasteiger partial charge is 0.877 e. The number of carbonyl (C=O) groups excluding carboxylic acids is 1. The third-order valence-corrected chi connectivity index (χ3v) is 2.02. The van der Waals surface area contributed by atoms with Crippen molar-refractivity contribution in [2.75, 3.05) is 0 Å². The Hall–Kier alpha value is -1.44. The molecule has 0 fully saturated rings. The van der Waals surface area contributed by atoms with Crippen LogP contribution in [0.3, 0.4) is 0 Å². The van der Waals surface area contributed by atoms with E-state index < -0.39 is 26.8 Å². The minimum Gasteiger partial charge on any atom is -0.438 e. The van der Waals surface area contributed by atoms with Gasteiger partial charge in [-0.2, -0.15) is 8.78 Å². The first kappa shape index (κ1) is 12.6. The second-order valence-corrected chi connectivity index (χ2v) is 3.87.